The van der Waals surface area contributed by atoms with Gasteiger partial charge in [0.2, 0.25) is 11.8 Å². The smallest absolute Gasteiger partial charge is 0.422 e. The molecule has 0 radical (unpaired) electrons. The lowest BCUT2D eigenvalue weighted by atomic mass is 10.4. The van der Waals surface area contributed by atoms with Crippen LogP contribution in [-0.2, 0) is 4.79 Å². The second kappa shape index (κ2) is 6.59. The summed E-state index contributed by atoms with van der Waals surface area (Å²) < 4.78 is 40.1. The van der Waals surface area contributed by atoms with Crippen molar-refractivity contribution in [1.29, 1.82) is 0 Å². The summed E-state index contributed by atoms with van der Waals surface area (Å²) in [5, 5.41) is 4.42. The SMILES string of the molecule is NC(=O)NCC(=O)Nc1ccc(OCC(F)(F)F)nc1. The van der Waals surface area contributed by atoms with E-state index in [9.17, 15) is 22.8 Å². The summed E-state index contributed by atoms with van der Waals surface area (Å²) in [6.07, 6.45) is -3.33. The van der Waals surface area contributed by atoms with Gasteiger partial charge in [-0.25, -0.2) is 9.78 Å². The summed E-state index contributed by atoms with van der Waals surface area (Å²) in [6.45, 7) is -1.78. The highest BCUT2D eigenvalue weighted by atomic mass is 19.4. The van der Waals surface area contributed by atoms with Crippen LogP contribution >= 0.6 is 0 Å². The number of carbonyl (C=O) groups excluding carboxylic acids is 2. The van der Waals surface area contributed by atoms with Crippen molar-refractivity contribution in [2.45, 2.75) is 6.18 Å². The van der Waals surface area contributed by atoms with Crippen LogP contribution in [0.25, 0.3) is 0 Å². The number of ether oxygens (including phenoxy) is 1. The van der Waals surface area contributed by atoms with Gasteiger partial charge in [0.15, 0.2) is 6.61 Å². The molecule has 0 aromatic carbocycles. The minimum Gasteiger partial charge on any atom is -0.468 e. The van der Waals surface area contributed by atoms with Crippen LogP contribution in [0.2, 0.25) is 0 Å². The molecule has 0 aliphatic heterocycles. The van der Waals surface area contributed by atoms with Crippen molar-refractivity contribution in [3.8, 4) is 5.88 Å². The highest BCUT2D eigenvalue weighted by Crippen LogP contribution is 2.17. The van der Waals surface area contributed by atoms with Crippen LogP contribution in [0.5, 0.6) is 5.88 Å². The first-order chi connectivity index (χ1) is 9.26. The maximum atomic E-state index is 11.9. The molecule has 10 heteroatoms. The normalized spacial score (nSPS) is 10.8. The predicted octanol–water partition coefficient (Wildman–Crippen LogP) is 0.629. The van der Waals surface area contributed by atoms with Crippen molar-refractivity contribution >= 4 is 17.6 Å². The van der Waals surface area contributed by atoms with E-state index in [2.05, 4.69) is 20.4 Å². The molecule has 7 nitrogen and oxygen atoms in total. The van der Waals surface area contributed by atoms with Gasteiger partial charge in [0.1, 0.15) is 0 Å². The number of amides is 3. The number of hydrogen-bond acceptors (Lipinski definition) is 4. The predicted molar refractivity (Wildman–Crippen MR) is 62.0 cm³/mol. The molecule has 0 aliphatic rings. The molecule has 0 bridgehead atoms. The molecule has 20 heavy (non-hydrogen) atoms. The van der Waals surface area contributed by atoms with E-state index in [4.69, 9.17) is 5.73 Å². The van der Waals surface area contributed by atoms with Gasteiger partial charge in [-0.2, -0.15) is 13.2 Å². The Labute approximate surface area is 111 Å². The Bertz CT molecular complexity index is 476. The highest BCUT2D eigenvalue weighted by Gasteiger charge is 2.28. The summed E-state index contributed by atoms with van der Waals surface area (Å²) in [5.41, 5.74) is 5.01. The van der Waals surface area contributed by atoms with Crippen LogP contribution in [0, 0.1) is 0 Å². The summed E-state index contributed by atoms with van der Waals surface area (Å²) >= 11 is 0. The second-order valence-corrected chi connectivity index (χ2v) is 3.55. The molecule has 1 aromatic rings. The van der Waals surface area contributed by atoms with Crippen molar-refractivity contribution in [2.24, 2.45) is 5.73 Å². The van der Waals surface area contributed by atoms with Gasteiger partial charge < -0.3 is 21.1 Å². The lowest BCUT2D eigenvalue weighted by molar-refractivity contribution is -0.154. The number of aromatic nitrogens is 1. The van der Waals surface area contributed by atoms with Gasteiger partial charge in [0.25, 0.3) is 0 Å². The van der Waals surface area contributed by atoms with E-state index in [0.717, 1.165) is 6.20 Å². The number of pyridine rings is 1. The molecule has 0 atom stereocenters. The number of hydrogen-bond donors (Lipinski definition) is 3. The molecule has 4 N–H and O–H groups in total. The number of nitrogens with two attached hydrogens (primary N) is 1. The van der Waals surface area contributed by atoms with E-state index in [1.165, 1.54) is 12.1 Å². The standard InChI is InChI=1S/C10H11F3N4O3/c11-10(12,13)5-20-8-2-1-6(3-15-8)17-7(18)4-16-9(14)19/h1-3H,4-5H2,(H,17,18)(H3,14,16,19). The third kappa shape index (κ3) is 6.42. The van der Waals surface area contributed by atoms with Crippen LogP contribution in [0.3, 0.4) is 0 Å². The molecular formula is C10H11F3N4O3. The van der Waals surface area contributed by atoms with E-state index >= 15 is 0 Å². The number of rotatable bonds is 5. The number of urea groups is 1. The number of anilines is 1. The maximum Gasteiger partial charge on any atom is 0.422 e. The lowest BCUT2D eigenvalue weighted by Gasteiger charge is -2.09. The average Bonchev–Trinajstić information content (AvgIpc) is 2.34. The summed E-state index contributed by atoms with van der Waals surface area (Å²) in [6, 6.07) is 1.62. The molecule has 1 rings (SSSR count). The van der Waals surface area contributed by atoms with Gasteiger partial charge in [-0.1, -0.05) is 0 Å². The zero-order valence-corrected chi connectivity index (χ0v) is 10.0. The highest BCUT2D eigenvalue weighted by molar-refractivity contribution is 5.93. The van der Waals surface area contributed by atoms with Gasteiger partial charge in [-0.3, -0.25) is 4.79 Å². The number of nitrogens with zero attached hydrogens (tertiary/aromatic N) is 1. The summed E-state index contributed by atoms with van der Waals surface area (Å²) in [5.74, 6) is -0.787. The Kier molecular flexibility index (Phi) is 5.12. The van der Waals surface area contributed by atoms with Crippen molar-refractivity contribution in [1.82, 2.24) is 10.3 Å². The number of carbonyl (C=O) groups is 2. The summed E-state index contributed by atoms with van der Waals surface area (Å²) in [7, 11) is 0. The first-order valence-electron chi connectivity index (χ1n) is 5.25. The first kappa shape index (κ1) is 15.5. The molecule has 110 valence electrons. The molecule has 1 heterocycles. The number of primary amides is 1. The van der Waals surface area contributed by atoms with Crippen molar-refractivity contribution in [3.63, 3.8) is 0 Å². The third-order valence-corrected chi connectivity index (χ3v) is 1.83. The van der Waals surface area contributed by atoms with E-state index in [1.807, 2.05) is 0 Å². The number of halogens is 3. The summed E-state index contributed by atoms with van der Waals surface area (Å²) in [4.78, 5) is 25.2. The van der Waals surface area contributed by atoms with Gasteiger partial charge in [0.05, 0.1) is 18.4 Å². The molecular weight excluding hydrogens is 281 g/mol. The number of alkyl halides is 3. The van der Waals surface area contributed by atoms with Crippen LogP contribution in [0.15, 0.2) is 18.3 Å². The third-order valence-electron chi connectivity index (χ3n) is 1.83. The molecule has 3 amide bonds. The molecule has 0 unspecified atom stereocenters. The van der Waals surface area contributed by atoms with Crippen LogP contribution in [-0.4, -0.2) is 36.3 Å². The topological polar surface area (TPSA) is 106 Å². The minimum absolute atomic E-state index is 0.226. The Morgan fingerprint density at radius 1 is 1.35 bits per heavy atom. The van der Waals surface area contributed by atoms with Crippen molar-refractivity contribution < 1.29 is 27.5 Å². The fourth-order valence-corrected chi connectivity index (χ4v) is 1.07. The fraction of sp³-hybridized carbons (Fsp3) is 0.300. The molecule has 0 saturated heterocycles. The van der Waals surface area contributed by atoms with Gasteiger partial charge >= 0.3 is 12.2 Å². The molecule has 0 saturated carbocycles. The minimum atomic E-state index is -4.45. The van der Waals surface area contributed by atoms with Crippen molar-refractivity contribution in [3.05, 3.63) is 18.3 Å². The quantitative estimate of drug-likeness (QED) is 0.740. The Morgan fingerprint density at radius 2 is 2.05 bits per heavy atom. The Balaban J connectivity index is 2.46. The van der Waals surface area contributed by atoms with Crippen LogP contribution in [0.1, 0.15) is 0 Å². The molecule has 1 aromatic heterocycles. The average molecular weight is 292 g/mol. The van der Waals surface area contributed by atoms with Crippen LogP contribution < -0.4 is 21.1 Å². The first-order valence-corrected chi connectivity index (χ1v) is 5.25. The monoisotopic (exact) mass is 292 g/mol. The Morgan fingerprint density at radius 3 is 2.55 bits per heavy atom. The molecule has 0 fully saturated rings. The second-order valence-electron chi connectivity index (χ2n) is 3.55. The largest absolute Gasteiger partial charge is 0.468 e. The van der Waals surface area contributed by atoms with E-state index < -0.39 is 24.7 Å². The van der Waals surface area contributed by atoms with Crippen LogP contribution in [0.4, 0.5) is 23.7 Å². The van der Waals surface area contributed by atoms with Gasteiger partial charge in [-0.05, 0) is 6.07 Å². The lowest BCUT2D eigenvalue weighted by Crippen LogP contribution is -2.36. The van der Waals surface area contributed by atoms with Crippen molar-refractivity contribution in [2.75, 3.05) is 18.5 Å². The number of nitrogens with one attached hydrogen (secondary N) is 2. The van der Waals surface area contributed by atoms with E-state index in [-0.39, 0.29) is 18.1 Å². The zero-order chi connectivity index (χ0) is 15.2. The fourth-order valence-electron chi connectivity index (χ4n) is 1.07. The van der Waals surface area contributed by atoms with Gasteiger partial charge in [0, 0.05) is 6.07 Å². The molecule has 0 aliphatic carbocycles. The van der Waals surface area contributed by atoms with E-state index in [1.54, 1.807) is 0 Å². The zero-order valence-electron chi connectivity index (χ0n) is 10.0. The Hall–Kier alpha value is -2.52. The molecule has 0 spiro atoms. The maximum absolute atomic E-state index is 11.9. The van der Waals surface area contributed by atoms with Gasteiger partial charge in [-0.15, -0.1) is 0 Å². The van der Waals surface area contributed by atoms with E-state index in [0.29, 0.717) is 0 Å².